The molecule has 1 N–H and O–H groups in total. The van der Waals surface area contributed by atoms with E-state index in [0.29, 0.717) is 21.5 Å². The van der Waals surface area contributed by atoms with Crippen LogP contribution in [0, 0.1) is 0 Å². The van der Waals surface area contributed by atoms with Gasteiger partial charge in [-0.05, 0) is 53.7 Å². The Morgan fingerprint density at radius 3 is 2.54 bits per heavy atom. The molecular weight excluding hydrogens is 423 g/mol. The van der Waals surface area contributed by atoms with Gasteiger partial charge in [0.25, 0.3) is 11.1 Å². The van der Waals surface area contributed by atoms with Gasteiger partial charge in [0.1, 0.15) is 12.3 Å². The number of amides is 3. The molecule has 0 unspecified atom stereocenters. The summed E-state index contributed by atoms with van der Waals surface area (Å²) >= 11 is 12.6. The van der Waals surface area contributed by atoms with Gasteiger partial charge in [0, 0.05) is 10.7 Å². The first-order valence-electron chi connectivity index (χ1n) is 8.01. The van der Waals surface area contributed by atoms with Crippen molar-refractivity contribution in [1.82, 2.24) is 4.90 Å². The van der Waals surface area contributed by atoms with E-state index in [1.54, 1.807) is 42.5 Å². The smallest absolute Gasteiger partial charge is 0.294 e. The van der Waals surface area contributed by atoms with E-state index >= 15 is 0 Å². The number of hydrogen-bond donors (Lipinski definition) is 1. The van der Waals surface area contributed by atoms with E-state index < -0.39 is 23.6 Å². The van der Waals surface area contributed by atoms with Crippen LogP contribution in [0.25, 0.3) is 6.08 Å². The Morgan fingerprint density at radius 1 is 1.18 bits per heavy atom. The lowest BCUT2D eigenvalue weighted by Crippen LogP contribution is -2.36. The number of methoxy groups -OCH3 is 1. The van der Waals surface area contributed by atoms with Crippen LogP contribution in [0.1, 0.15) is 5.56 Å². The molecule has 0 spiro atoms. The summed E-state index contributed by atoms with van der Waals surface area (Å²) in [5.41, 5.74) is 1.16. The minimum Gasteiger partial charge on any atom is -0.495 e. The van der Waals surface area contributed by atoms with Crippen molar-refractivity contribution in [2.75, 3.05) is 19.0 Å². The van der Waals surface area contributed by atoms with Crippen LogP contribution in [0.15, 0.2) is 47.4 Å². The maximum atomic E-state index is 12.5. The number of benzene rings is 2. The van der Waals surface area contributed by atoms with Gasteiger partial charge in [-0.2, -0.15) is 0 Å². The second-order valence-corrected chi connectivity index (χ2v) is 7.55. The summed E-state index contributed by atoms with van der Waals surface area (Å²) in [4.78, 5) is 38.0. The average molecular weight is 437 g/mol. The fourth-order valence-electron chi connectivity index (χ4n) is 2.43. The zero-order valence-electron chi connectivity index (χ0n) is 14.6. The van der Waals surface area contributed by atoms with Crippen molar-refractivity contribution in [3.05, 3.63) is 63.0 Å². The Kier molecular flexibility index (Phi) is 6.28. The van der Waals surface area contributed by atoms with Crippen LogP contribution in [0.3, 0.4) is 0 Å². The van der Waals surface area contributed by atoms with Gasteiger partial charge in [-0.3, -0.25) is 19.3 Å². The highest BCUT2D eigenvalue weighted by molar-refractivity contribution is 8.18. The van der Waals surface area contributed by atoms with Gasteiger partial charge in [0.05, 0.1) is 17.0 Å². The number of anilines is 1. The van der Waals surface area contributed by atoms with Gasteiger partial charge >= 0.3 is 0 Å². The maximum Gasteiger partial charge on any atom is 0.294 e. The zero-order valence-corrected chi connectivity index (χ0v) is 16.9. The molecule has 144 valence electrons. The largest absolute Gasteiger partial charge is 0.495 e. The molecule has 0 aromatic heterocycles. The Hall–Kier alpha value is -2.48. The van der Waals surface area contributed by atoms with Crippen molar-refractivity contribution >= 4 is 63.8 Å². The van der Waals surface area contributed by atoms with E-state index in [1.807, 2.05) is 0 Å². The van der Waals surface area contributed by atoms with Gasteiger partial charge < -0.3 is 10.1 Å². The number of ether oxygens (including phenoxy) is 1. The van der Waals surface area contributed by atoms with Crippen molar-refractivity contribution in [2.45, 2.75) is 0 Å². The lowest BCUT2D eigenvalue weighted by Gasteiger charge is -2.13. The number of hydrogen-bond acceptors (Lipinski definition) is 5. The van der Waals surface area contributed by atoms with Crippen LogP contribution in [0.2, 0.25) is 10.0 Å². The summed E-state index contributed by atoms with van der Waals surface area (Å²) in [6.45, 7) is -0.397. The molecule has 2 aromatic carbocycles. The first-order chi connectivity index (χ1) is 13.4. The van der Waals surface area contributed by atoms with E-state index in [4.69, 9.17) is 27.9 Å². The number of halogens is 2. The lowest BCUT2D eigenvalue weighted by molar-refractivity contribution is -0.127. The van der Waals surface area contributed by atoms with Crippen molar-refractivity contribution < 1.29 is 19.1 Å². The standard InChI is InChI=1S/C19H14Cl2N2O4S/c1-27-15-7-6-13(9-14(15)21)22-17(24)10-23-18(25)16(28-19(23)26)8-11-2-4-12(20)5-3-11/h2-9H,10H2,1H3,(H,22,24)/b16-8+. The summed E-state index contributed by atoms with van der Waals surface area (Å²) in [5.74, 6) is -0.568. The Morgan fingerprint density at radius 2 is 1.89 bits per heavy atom. The predicted octanol–water partition coefficient (Wildman–Crippen LogP) is 4.68. The lowest BCUT2D eigenvalue weighted by atomic mass is 10.2. The quantitative estimate of drug-likeness (QED) is 0.688. The SMILES string of the molecule is COc1ccc(NC(=O)CN2C(=O)S/C(=C/c3ccc(Cl)cc3)C2=O)cc1Cl. The van der Waals surface area contributed by atoms with Gasteiger partial charge in [0.2, 0.25) is 5.91 Å². The molecule has 0 bridgehead atoms. The van der Waals surface area contributed by atoms with Gasteiger partial charge in [-0.25, -0.2) is 0 Å². The molecule has 0 aliphatic carbocycles. The molecule has 1 aliphatic rings. The number of thioether (sulfide) groups is 1. The van der Waals surface area contributed by atoms with E-state index in [9.17, 15) is 14.4 Å². The minimum absolute atomic E-state index is 0.243. The Balaban J connectivity index is 1.67. The molecule has 2 aromatic rings. The third kappa shape index (κ3) is 4.67. The van der Waals surface area contributed by atoms with E-state index in [0.717, 1.165) is 22.2 Å². The number of nitrogens with zero attached hydrogens (tertiary/aromatic N) is 1. The highest BCUT2D eigenvalue weighted by Gasteiger charge is 2.36. The summed E-state index contributed by atoms with van der Waals surface area (Å²) in [6.07, 6.45) is 1.59. The molecule has 28 heavy (non-hydrogen) atoms. The number of nitrogens with one attached hydrogen (secondary N) is 1. The van der Waals surface area contributed by atoms with Crippen LogP contribution in [0.4, 0.5) is 10.5 Å². The zero-order chi connectivity index (χ0) is 20.3. The van der Waals surface area contributed by atoms with Gasteiger partial charge in [0.15, 0.2) is 0 Å². The second kappa shape index (κ2) is 8.68. The predicted molar refractivity (Wildman–Crippen MR) is 111 cm³/mol. The molecule has 1 heterocycles. The summed E-state index contributed by atoms with van der Waals surface area (Å²) < 4.78 is 5.05. The molecule has 3 amide bonds. The number of rotatable bonds is 5. The fourth-order valence-corrected chi connectivity index (χ4v) is 3.66. The van der Waals surface area contributed by atoms with Gasteiger partial charge in [-0.15, -0.1) is 0 Å². The summed E-state index contributed by atoms with van der Waals surface area (Å²) in [5, 5.41) is 3.00. The molecule has 1 aliphatic heterocycles. The molecule has 0 saturated carbocycles. The molecule has 1 fully saturated rings. The number of imide groups is 1. The summed E-state index contributed by atoms with van der Waals surface area (Å²) in [7, 11) is 1.48. The van der Waals surface area contributed by atoms with Crippen LogP contribution in [-0.4, -0.2) is 35.6 Å². The normalized spacial score (nSPS) is 15.2. The van der Waals surface area contributed by atoms with Crippen LogP contribution >= 0.6 is 35.0 Å². The van der Waals surface area contributed by atoms with Crippen molar-refractivity contribution in [2.24, 2.45) is 0 Å². The third-order valence-electron chi connectivity index (χ3n) is 3.78. The fraction of sp³-hybridized carbons (Fsp3) is 0.105. The van der Waals surface area contributed by atoms with Crippen molar-refractivity contribution in [3.63, 3.8) is 0 Å². The topological polar surface area (TPSA) is 75.7 Å². The molecule has 0 radical (unpaired) electrons. The average Bonchev–Trinajstić information content (AvgIpc) is 2.91. The number of carbonyl (C=O) groups excluding carboxylic acids is 3. The second-order valence-electron chi connectivity index (χ2n) is 5.72. The monoisotopic (exact) mass is 436 g/mol. The minimum atomic E-state index is -0.520. The van der Waals surface area contributed by atoms with Crippen LogP contribution in [-0.2, 0) is 9.59 Å². The highest BCUT2D eigenvalue weighted by atomic mass is 35.5. The Labute approximate surface area is 175 Å². The van der Waals surface area contributed by atoms with Crippen molar-refractivity contribution in [1.29, 1.82) is 0 Å². The van der Waals surface area contributed by atoms with Crippen molar-refractivity contribution in [3.8, 4) is 5.75 Å². The molecule has 6 nitrogen and oxygen atoms in total. The highest BCUT2D eigenvalue weighted by Crippen LogP contribution is 2.32. The van der Waals surface area contributed by atoms with E-state index in [1.165, 1.54) is 13.2 Å². The van der Waals surface area contributed by atoms with Crippen LogP contribution in [0.5, 0.6) is 5.75 Å². The molecular formula is C19H14Cl2N2O4S. The molecule has 0 atom stereocenters. The molecule has 9 heteroatoms. The Bertz CT molecular complexity index is 976. The first kappa shape index (κ1) is 20.3. The van der Waals surface area contributed by atoms with E-state index in [-0.39, 0.29) is 4.91 Å². The maximum absolute atomic E-state index is 12.5. The molecule has 3 rings (SSSR count). The van der Waals surface area contributed by atoms with Crippen LogP contribution < -0.4 is 10.1 Å². The molecule has 1 saturated heterocycles. The summed E-state index contributed by atoms with van der Waals surface area (Å²) in [6, 6.07) is 11.6. The van der Waals surface area contributed by atoms with E-state index in [2.05, 4.69) is 5.32 Å². The van der Waals surface area contributed by atoms with Gasteiger partial charge in [-0.1, -0.05) is 35.3 Å². The third-order valence-corrected chi connectivity index (χ3v) is 5.23. The first-order valence-corrected chi connectivity index (χ1v) is 9.59. The number of carbonyl (C=O) groups is 3.